The standard InChI is InChI=1S/C24H35N11O5/c1-14(32-24(40)20(33-15(2)36)8-17-10-29-13-31-17)21(37)34-18(5-4-6-27-11-25)23(39)35-19(22(38)26-3)7-16-9-28-12-30-16/h4,6,9-14,18-20H,5,7-8H2,1-3H3,(H2,25,27)(H,26,38)(H,28,30)(H,29,31)(H,32,40)(H,33,36)(H,34,37)(H,35,39)/b6-4+. The molecule has 2 heterocycles. The first-order valence-electron chi connectivity index (χ1n) is 12.4. The van der Waals surface area contributed by atoms with E-state index in [1.807, 2.05) is 0 Å². The predicted molar refractivity (Wildman–Crippen MR) is 144 cm³/mol. The number of nitrogens with one attached hydrogen (secondary N) is 7. The zero-order valence-electron chi connectivity index (χ0n) is 22.4. The van der Waals surface area contributed by atoms with Gasteiger partial charge in [-0.2, -0.15) is 0 Å². The van der Waals surface area contributed by atoms with E-state index in [9.17, 15) is 24.0 Å². The maximum absolute atomic E-state index is 13.2. The van der Waals surface area contributed by atoms with Crippen molar-refractivity contribution in [1.29, 1.82) is 0 Å². The smallest absolute Gasteiger partial charge is 0.243 e. The van der Waals surface area contributed by atoms with Gasteiger partial charge >= 0.3 is 0 Å². The summed E-state index contributed by atoms with van der Waals surface area (Å²) in [4.78, 5) is 80.5. The van der Waals surface area contributed by atoms with Crippen LogP contribution in [0.3, 0.4) is 0 Å². The molecule has 9 N–H and O–H groups in total. The Hall–Kier alpha value is -5.02. The van der Waals surface area contributed by atoms with Crippen molar-refractivity contribution in [3.63, 3.8) is 0 Å². The molecular weight excluding hydrogens is 522 g/mol. The fourth-order valence-corrected chi connectivity index (χ4v) is 3.55. The second kappa shape index (κ2) is 16.1. The fraction of sp³-hybridized carbons (Fsp3) is 0.417. The van der Waals surface area contributed by atoms with Crippen molar-refractivity contribution in [2.24, 2.45) is 10.7 Å². The van der Waals surface area contributed by atoms with Gasteiger partial charge in [-0.25, -0.2) is 15.0 Å². The average Bonchev–Trinajstić information content (AvgIpc) is 3.63. The molecule has 0 radical (unpaired) electrons. The van der Waals surface area contributed by atoms with E-state index in [1.54, 1.807) is 6.20 Å². The zero-order valence-corrected chi connectivity index (χ0v) is 22.4. The summed E-state index contributed by atoms with van der Waals surface area (Å²) in [6.45, 7) is 2.70. The lowest BCUT2D eigenvalue weighted by Crippen LogP contribution is -2.57. The number of aromatic nitrogens is 4. The average molecular weight is 558 g/mol. The molecule has 216 valence electrons. The van der Waals surface area contributed by atoms with Gasteiger partial charge in [0.2, 0.25) is 29.5 Å². The van der Waals surface area contributed by atoms with E-state index >= 15 is 0 Å². The van der Waals surface area contributed by atoms with Crippen LogP contribution in [0.5, 0.6) is 0 Å². The molecule has 2 aromatic heterocycles. The second-order valence-corrected chi connectivity index (χ2v) is 8.68. The maximum atomic E-state index is 13.2. The summed E-state index contributed by atoms with van der Waals surface area (Å²) in [6.07, 6.45) is 10.2. The predicted octanol–water partition coefficient (Wildman–Crippen LogP) is -2.47. The van der Waals surface area contributed by atoms with E-state index in [-0.39, 0.29) is 19.3 Å². The number of nitrogens with zero attached hydrogens (tertiary/aromatic N) is 3. The molecule has 0 bridgehead atoms. The van der Waals surface area contributed by atoms with Gasteiger partial charge in [-0.1, -0.05) is 6.08 Å². The van der Waals surface area contributed by atoms with Crippen molar-refractivity contribution in [3.05, 3.63) is 48.7 Å². The maximum Gasteiger partial charge on any atom is 0.243 e. The fourth-order valence-electron chi connectivity index (χ4n) is 3.55. The Morgan fingerprint density at radius 2 is 1.68 bits per heavy atom. The third kappa shape index (κ3) is 10.4. The lowest BCUT2D eigenvalue weighted by molar-refractivity contribution is -0.134. The van der Waals surface area contributed by atoms with Crippen LogP contribution in [0, 0.1) is 0 Å². The second-order valence-electron chi connectivity index (χ2n) is 8.68. The molecule has 16 nitrogen and oxygen atoms in total. The molecule has 0 saturated heterocycles. The Morgan fingerprint density at radius 3 is 2.27 bits per heavy atom. The molecule has 0 fully saturated rings. The number of H-pyrrole nitrogens is 2. The van der Waals surface area contributed by atoms with Crippen LogP contribution in [0.4, 0.5) is 0 Å². The van der Waals surface area contributed by atoms with Crippen LogP contribution in [0.2, 0.25) is 0 Å². The summed E-state index contributed by atoms with van der Waals surface area (Å²) < 4.78 is 0. The van der Waals surface area contributed by atoms with Crippen molar-refractivity contribution < 1.29 is 24.0 Å². The van der Waals surface area contributed by atoms with Crippen molar-refractivity contribution in [2.45, 2.75) is 57.3 Å². The van der Waals surface area contributed by atoms with Crippen LogP contribution >= 0.6 is 0 Å². The van der Waals surface area contributed by atoms with Gasteiger partial charge < -0.3 is 42.3 Å². The normalized spacial score (nSPS) is 14.2. The van der Waals surface area contributed by atoms with Gasteiger partial charge in [-0.3, -0.25) is 24.0 Å². The number of hydrogen-bond donors (Lipinski definition) is 8. The number of carbonyl (C=O) groups excluding carboxylic acids is 5. The summed E-state index contributed by atoms with van der Waals surface area (Å²) in [7, 11) is 1.43. The van der Waals surface area contributed by atoms with Crippen LogP contribution in [-0.2, 0) is 36.8 Å². The number of aliphatic imine (C=N–C) groups is 1. The van der Waals surface area contributed by atoms with Gasteiger partial charge in [0.1, 0.15) is 24.2 Å². The zero-order chi connectivity index (χ0) is 29.5. The van der Waals surface area contributed by atoms with Crippen molar-refractivity contribution in [3.8, 4) is 0 Å². The molecule has 0 aliphatic heterocycles. The molecule has 4 unspecified atom stereocenters. The number of amides is 5. The highest BCUT2D eigenvalue weighted by Gasteiger charge is 2.29. The number of hydrogen-bond acceptors (Lipinski definition) is 8. The molecule has 0 saturated carbocycles. The molecular formula is C24H35N11O5. The minimum absolute atomic E-state index is 0.00674. The summed E-state index contributed by atoms with van der Waals surface area (Å²) >= 11 is 0. The van der Waals surface area contributed by atoms with Crippen LogP contribution in [0.15, 0.2) is 42.3 Å². The Morgan fingerprint density at radius 1 is 0.975 bits per heavy atom. The van der Waals surface area contributed by atoms with Crippen LogP contribution in [0.25, 0.3) is 0 Å². The Bertz CT molecular complexity index is 1180. The number of imidazole rings is 2. The molecule has 0 aromatic carbocycles. The largest absolute Gasteiger partial charge is 0.390 e. The van der Waals surface area contributed by atoms with Crippen molar-refractivity contribution in [1.82, 2.24) is 46.5 Å². The van der Waals surface area contributed by atoms with Gasteiger partial charge in [-0.15, -0.1) is 0 Å². The molecule has 2 aromatic rings. The number of rotatable bonds is 15. The minimum atomic E-state index is -1.13. The van der Waals surface area contributed by atoms with Gasteiger partial charge in [0.05, 0.1) is 24.7 Å². The van der Waals surface area contributed by atoms with Crippen molar-refractivity contribution >= 4 is 35.9 Å². The lowest BCUT2D eigenvalue weighted by Gasteiger charge is -2.24. The monoisotopic (exact) mass is 557 g/mol. The summed E-state index contributed by atoms with van der Waals surface area (Å²) in [5.41, 5.74) is 6.39. The highest BCUT2D eigenvalue weighted by atomic mass is 16.2. The summed E-state index contributed by atoms with van der Waals surface area (Å²) in [5.74, 6) is -2.80. The topological polar surface area (TPSA) is 241 Å². The molecule has 40 heavy (non-hydrogen) atoms. The first-order chi connectivity index (χ1) is 19.1. The molecule has 5 amide bonds. The lowest BCUT2D eigenvalue weighted by atomic mass is 10.1. The molecule has 2 rings (SSSR count). The van der Waals surface area contributed by atoms with Gasteiger partial charge in [-0.05, 0) is 13.3 Å². The highest BCUT2D eigenvalue weighted by Crippen LogP contribution is 2.04. The van der Waals surface area contributed by atoms with Crippen LogP contribution in [0.1, 0.15) is 31.7 Å². The molecule has 0 aliphatic carbocycles. The van der Waals surface area contributed by atoms with E-state index in [2.05, 4.69) is 51.5 Å². The number of carbonyl (C=O) groups is 5. The van der Waals surface area contributed by atoms with Gasteiger partial charge in [0, 0.05) is 51.1 Å². The quantitative estimate of drug-likeness (QED) is 0.0860. The number of nitrogens with two attached hydrogens (primary N) is 1. The van der Waals surface area contributed by atoms with Gasteiger partial charge in [0.15, 0.2) is 0 Å². The minimum Gasteiger partial charge on any atom is -0.390 e. The molecule has 0 aliphatic rings. The molecule has 4 atom stereocenters. The Balaban J connectivity index is 2.11. The van der Waals surface area contributed by atoms with E-state index in [4.69, 9.17) is 5.73 Å². The Labute approximate surface area is 230 Å². The first-order valence-corrected chi connectivity index (χ1v) is 12.4. The number of likely N-dealkylation sites (N-methyl/N-ethyl adjacent to an activating group) is 1. The highest BCUT2D eigenvalue weighted by molar-refractivity contribution is 5.95. The Kier molecular flexibility index (Phi) is 12.5. The summed E-state index contributed by atoms with van der Waals surface area (Å²) in [6, 6.07) is -4.15. The molecule has 16 heteroatoms. The van der Waals surface area contributed by atoms with Crippen molar-refractivity contribution in [2.75, 3.05) is 7.05 Å². The van der Waals surface area contributed by atoms with Crippen LogP contribution in [-0.4, -0.2) is 87.0 Å². The number of aromatic amines is 2. The van der Waals surface area contributed by atoms with Gasteiger partial charge in [0.25, 0.3) is 0 Å². The third-order valence-corrected chi connectivity index (χ3v) is 5.55. The van der Waals surface area contributed by atoms with E-state index in [0.717, 1.165) is 6.34 Å². The van der Waals surface area contributed by atoms with E-state index in [1.165, 1.54) is 52.0 Å². The van der Waals surface area contributed by atoms with E-state index < -0.39 is 53.7 Å². The molecule has 0 spiro atoms. The summed E-state index contributed by atoms with van der Waals surface area (Å²) in [5, 5.41) is 12.8. The van der Waals surface area contributed by atoms with E-state index in [0.29, 0.717) is 11.4 Å². The third-order valence-electron chi connectivity index (χ3n) is 5.55. The SMILES string of the molecule is CNC(=O)C(Cc1c[nH]cn1)NC(=O)C(C/C=C/N=C\N)NC(=O)C(C)NC(=O)C(Cc1cnc[nH]1)NC(C)=O. The first kappa shape index (κ1) is 31.2. The van der Waals surface area contributed by atoms with Crippen LogP contribution < -0.4 is 32.3 Å².